The number of carbonyl (C=O) groups is 2. The molecule has 0 saturated carbocycles. The van der Waals surface area contributed by atoms with Crippen LogP contribution in [-0.4, -0.2) is 48.5 Å². The highest BCUT2D eigenvalue weighted by Crippen LogP contribution is 2.31. The van der Waals surface area contributed by atoms with Crippen LogP contribution in [0.3, 0.4) is 0 Å². The first kappa shape index (κ1) is 22.5. The van der Waals surface area contributed by atoms with Crippen LogP contribution in [0.15, 0.2) is 48.5 Å². The molecular weight excluding hydrogens is 426 g/mol. The molecule has 0 aromatic heterocycles. The van der Waals surface area contributed by atoms with Gasteiger partial charge < -0.3 is 19.9 Å². The fourth-order valence-corrected chi connectivity index (χ4v) is 4.76. The zero-order chi connectivity index (χ0) is 22.5. The number of ether oxygens (including phenoxy) is 1. The number of para-hydroxylation sites is 1. The Balaban J connectivity index is 1.32. The van der Waals surface area contributed by atoms with Crippen LogP contribution in [-0.2, 0) is 9.59 Å². The molecule has 0 bridgehead atoms. The minimum atomic E-state index is -0.425. The number of benzene rings is 2. The number of nitrogens with one attached hydrogen (secondary N) is 1. The van der Waals surface area contributed by atoms with Crippen molar-refractivity contribution in [2.75, 3.05) is 29.9 Å². The minimum Gasteiger partial charge on any atom is -0.489 e. The molecule has 7 heteroatoms. The van der Waals surface area contributed by atoms with Crippen molar-refractivity contribution in [1.29, 1.82) is 0 Å². The largest absolute Gasteiger partial charge is 0.489 e. The van der Waals surface area contributed by atoms with Crippen molar-refractivity contribution < 1.29 is 14.3 Å². The van der Waals surface area contributed by atoms with E-state index in [9.17, 15) is 9.59 Å². The molecule has 2 aliphatic rings. The third kappa shape index (κ3) is 5.36. The molecule has 2 fully saturated rings. The number of likely N-dealkylation sites (tertiary alicyclic amines) is 1. The molecule has 2 aromatic rings. The van der Waals surface area contributed by atoms with E-state index >= 15 is 0 Å². The number of piperidine rings is 2. The van der Waals surface area contributed by atoms with Crippen LogP contribution in [0.4, 0.5) is 11.4 Å². The summed E-state index contributed by atoms with van der Waals surface area (Å²) >= 11 is 6.47. The SMILES string of the molecule is CC(=O)N1CCCC[C@@H]1C(=O)Nc1ccc(OC2CCN(c3ccccc3)CC2)c(Cl)c1. The molecule has 1 atom stereocenters. The lowest BCUT2D eigenvalue weighted by Crippen LogP contribution is -2.49. The summed E-state index contributed by atoms with van der Waals surface area (Å²) in [6.07, 6.45) is 4.52. The number of nitrogens with zero attached hydrogens (tertiary/aromatic N) is 2. The Hall–Kier alpha value is -2.73. The molecule has 0 spiro atoms. The van der Waals surface area contributed by atoms with Gasteiger partial charge in [-0.1, -0.05) is 29.8 Å². The summed E-state index contributed by atoms with van der Waals surface area (Å²) in [5, 5.41) is 3.39. The molecule has 6 nitrogen and oxygen atoms in total. The van der Waals surface area contributed by atoms with Gasteiger partial charge in [0.2, 0.25) is 11.8 Å². The molecule has 0 aliphatic carbocycles. The number of amides is 2. The monoisotopic (exact) mass is 455 g/mol. The number of hydrogen-bond donors (Lipinski definition) is 1. The van der Waals surface area contributed by atoms with Gasteiger partial charge in [0.05, 0.1) is 5.02 Å². The minimum absolute atomic E-state index is 0.0649. The van der Waals surface area contributed by atoms with Crippen molar-refractivity contribution in [1.82, 2.24) is 4.90 Å². The van der Waals surface area contributed by atoms with Gasteiger partial charge in [0, 0.05) is 50.8 Å². The molecule has 0 radical (unpaired) electrons. The molecule has 2 amide bonds. The van der Waals surface area contributed by atoms with E-state index < -0.39 is 6.04 Å². The van der Waals surface area contributed by atoms with Gasteiger partial charge in [0.25, 0.3) is 0 Å². The molecule has 2 aliphatic heterocycles. The molecule has 2 heterocycles. The summed E-state index contributed by atoms with van der Waals surface area (Å²) in [4.78, 5) is 28.6. The number of halogens is 1. The van der Waals surface area contributed by atoms with Gasteiger partial charge in [-0.2, -0.15) is 0 Å². The van der Waals surface area contributed by atoms with E-state index in [1.807, 2.05) is 12.1 Å². The van der Waals surface area contributed by atoms with Crippen molar-refractivity contribution in [2.45, 2.75) is 51.2 Å². The Bertz CT molecular complexity index is 945. The van der Waals surface area contributed by atoms with Crippen molar-refractivity contribution in [3.63, 3.8) is 0 Å². The fraction of sp³-hybridized carbons (Fsp3) is 0.440. The summed E-state index contributed by atoms with van der Waals surface area (Å²) in [7, 11) is 0. The number of anilines is 2. The van der Waals surface area contributed by atoms with Crippen LogP contribution >= 0.6 is 11.6 Å². The van der Waals surface area contributed by atoms with E-state index in [0.29, 0.717) is 29.4 Å². The first-order chi connectivity index (χ1) is 15.5. The molecule has 2 saturated heterocycles. The quantitative estimate of drug-likeness (QED) is 0.708. The summed E-state index contributed by atoms with van der Waals surface area (Å²) in [5.41, 5.74) is 1.85. The topological polar surface area (TPSA) is 61.9 Å². The summed E-state index contributed by atoms with van der Waals surface area (Å²) < 4.78 is 6.17. The molecular formula is C25H30ClN3O3. The second-order valence-corrected chi connectivity index (χ2v) is 8.91. The van der Waals surface area contributed by atoms with Gasteiger partial charge in [-0.05, 0) is 49.6 Å². The van der Waals surface area contributed by atoms with Gasteiger partial charge in [0.15, 0.2) is 0 Å². The van der Waals surface area contributed by atoms with Gasteiger partial charge in [-0.15, -0.1) is 0 Å². The number of carbonyl (C=O) groups excluding carboxylic acids is 2. The van der Waals surface area contributed by atoms with E-state index in [4.69, 9.17) is 16.3 Å². The molecule has 0 unspecified atom stereocenters. The predicted molar refractivity (Wildman–Crippen MR) is 127 cm³/mol. The highest BCUT2D eigenvalue weighted by Gasteiger charge is 2.30. The molecule has 4 rings (SSSR count). The van der Waals surface area contributed by atoms with Gasteiger partial charge in [0.1, 0.15) is 17.9 Å². The Morgan fingerprint density at radius 2 is 1.75 bits per heavy atom. The van der Waals surface area contributed by atoms with Crippen LogP contribution in [0.2, 0.25) is 5.02 Å². The second kappa shape index (κ2) is 10.3. The average Bonchev–Trinajstić information content (AvgIpc) is 2.82. The first-order valence-electron chi connectivity index (χ1n) is 11.4. The van der Waals surface area contributed by atoms with Crippen LogP contribution in [0, 0.1) is 0 Å². The third-order valence-corrected chi connectivity index (χ3v) is 6.56. The van der Waals surface area contributed by atoms with Crippen molar-refractivity contribution >= 4 is 34.8 Å². The zero-order valence-corrected chi connectivity index (χ0v) is 19.2. The fourth-order valence-electron chi connectivity index (χ4n) is 4.53. The smallest absolute Gasteiger partial charge is 0.247 e. The lowest BCUT2D eigenvalue weighted by Gasteiger charge is -2.34. The lowest BCUT2D eigenvalue weighted by atomic mass is 10.0. The highest BCUT2D eigenvalue weighted by molar-refractivity contribution is 6.32. The zero-order valence-electron chi connectivity index (χ0n) is 18.4. The van der Waals surface area contributed by atoms with E-state index in [0.717, 1.165) is 38.8 Å². The maximum absolute atomic E-state index is 12.8. The van der Waals surface area contributed by atoms with E-state index in [-0.39, 0.29) is 17.9 Å². The highest BCUT2D eigenvalue weighted by atomic mass is 35.5. The van der Waals surface area contributed by atoms with Crippen molar-refractivity contribution in [3.8, 4) is 5.75 Å². The van der Waals surface area contributed by atoms with Gasteiger partial charge in [-0.25, -0.2) is 0 Å². The number of hydrogen-bond acceptors (Lipinski definition) is 4. The van der Waals surface area contributed by atoms with Gasteiger partial charge in [-0.3, -0.25) is 9.59 Å². The molecule has 2 aromatic carbocycles. The van der Waals surface area contributed by atoms with Crippen molar-refractivity contribution in [2.24, 2.45) is 0 Å². The maximum atomic E-state index is 12.8. The summed E-state index contributed by atoms with van der Waals surface area (Å²) in [6, 6.07) is 15.3. The normalized spacial score (nSPS) is 19.5. The van der Waals surface area contributed by atoms with E-state index in [1.54, 1.807) is 17.0 Å². The first-order valence-corrected chi connectivity index (χ1v) is 11.7. The van der Waals surface area contributed by atoms with Crippen LogP contribution in [0.5, 0.6) is 5.75 Å². The maximum Gasteiger partial charge on any atom is 0.247 e. The Morgan fingerprint density at radius 1 is 1.00 bits per heavy atom. The van der Waals surface area contributed by atoms with Crippen molar-refractivity contribution in [3.05, 3.63) is 53.6 Å². The Kier molecular flexibility index (Phi) is 7.20. The van der Waals surface area contributed by atoms with E-state index in [2.05, 4.69) is 34.5 Å². The van der Waals surface area contributed by atoms with Crippen LogP contribution in [0.25, 0.3) is 0 Å². The van der Waals surface area contributed by atoms with Gasteiger partial charge >= 0.3 is 0 Å². The molecule has 170 valence electrons. The molecule has 32 heavy (non-hydrogen) atoms. The van der Waals surface area contributed by atoms with Crippen LogP contribution in [0.1, 0.15) is 39.0 Å². The summed E-state index contributed by atoms with van der Waals surface area (Å²) in [6.45, 7) is 4.02. The third-order valence-electron chi connectivity index (χ3n) is 6.27. The lowest BCUT2D eigenvalue weighted by molar-refractivity contribution is -0.138. The average molecular weight is 456 g/mol. The number of rotatable bonds is 5. The second-order valence-electron chi connectivity index (χ2n) is 8.50. The molecule has 1 N–H and O–H groups in total. The van der Waals surface area contributed by atoms with E-state index in [1.165, 1.54) is 12.6 Å². The predicted octanol–water partition coefficient (Wildman–Crippen LogP) is 4.73. The standard InChI is InChI=1S/C25H30ClN3O3/c1-18(30)29-14-6-5-9-23(29)25(31)27-19-10-11-24(22(26)17-19)32-21-12-15-28(16-13-21)20-7-3-2-4-8-20/h2-4,7-8,10-11,17,21,23H,5-6,9,12-16H2,1H3,(H,27,31)/t23-/m1/s1. The Morgan fingerprint density at radius 3 is 2.44 bits per heavy atom. The van der Waals surface area contributed by atoms with Crippen LogP contribution < -0.4 is 15.0 Å². The Labute approximate surface area is 194 Å². The summed E-state index contributed by atoms with van der Waals surface area (Å²) in [5.74, 6) is 0.397.